The summed E-state index contributed by atoms with van der Waals surface area (Å²) in [6.07, 6.45) is 3.81. The first-order valence-electron chi connectivity index (χ1n) is 11.1. The number of hydrogen-bond donors (Lipinski definition) is 0. The van der Waals surface area contributed by atoms with Gasteiger partial charge in [0.2, 0.25) is 0 Å². The van der Waals surface area contributed by atoms with E-state index in [1.807, 2.05) is 69.3 Å². The highest BCUT2D eigenvalue weighted by atomic mass is 16.6. The van der Waals surface area contributed by atoms with Gasteiger partial charge in [0.15, 0.2) is 5.54 Å². The fourth-order valence-electron chi connectivity index (χ4n) is 4.12. The molecule has 0 spiro atoms. The molecule has 1 aliphatic heterocycles. The normalized spacial score (nSPS) is 16.9. The van der Waals surface area contributed by atoms with E-state index in [2.05, 4.69) is 6.07 Å². The molecule has 3 aromatic carbocycles. The summed E-state index contributed by atoms with van der Waals surface area (Å²) in [7, 11) is 0. The van der Waals surface area contributed by atoms with Crippen LogP contribution in [0.1, 0.15) is 58.2 Å². The average molecular weight is 451 g/mol. The maximum Gasteiger partial charge on any atom is 0.338 e. The molecule has 1 atom stereocenters. The van der Waals surface area contributed by atoms with Crippen LogP contribution < -0.4 is 0 Å². The zero-order chi connectivity index (χ0) is 24.3. The maximum atomic E-state index is 13.5. The first kappa shape index (κ1) is 23.0. The third-order valence-corrected chi connectivity index (χ3v) is 5.69. The molecule has 0 saturated heterocycles. The van der Waals surface area contributed by atoms with Crippen molar-refractivity contribution in [2.75, 3.05) is 0 Å². The second kappa shape index (κ2) is 8.99. The molecule has 0 radical (unpaired) electrons. The molecule has 34 heavy (non-hydrogen) atoms. The summed E-state index contributed by atoms with van der Waals surface area (Å²) in [4.78, 5) is 27.4. The van der Waals surface area contributed by atoms with Crippen molar-refractivity contribution in [1.82, 2.24) is 4.90 Å². The van der Waals surface area contributed by atoms with Gasteiger partial charge in [-0.3, -0.25) is 9.69 Å². The number of carbonyl (C=O) groups is 2. The van der Waals surface area contributed by atoms with Crippen molar-refractivity contribution >= 4 is 18.0 Å². The predicted molar refractivity (Wildman–Crippen MR) is 131 cm³/mol. The highest BCUT2D eigenvalue weighted by Gasteiger charge is 2.44. The van der Waals surface area contributed by atoms with Crippen LogP contribution in [0, 0.1) is 11.3 Å². The average Bonchev–Trinajstić information content (AvgIpc) is 2.83. The molecule has 5 heteroatoms. The Morgan fingerprint density at radius 3 is 2.21 bits per heavy atom. The zero-order valence-corrected chi connectivity index (χ0v) is 19.5. The number of nitrogens with zero attached hydrogens (tertiary/aromatic N) is 2. The highest BCUT2D eigenvalue weighted by Crippen LogP contribution is 2.39. The fourth-order valence-corrected chi connectivity index (χ4v) is 4.12. The van der Waals surface area contributed by atoms with Gasteiger partial charge in [0.1, 0.15) is 5.60 Å². The Bertz CT molecular complexity index is 1280. The number of rotatable bonds is 4. The molecule has 170 valence electrons. The van der Waals surface area contributed by atoms with Crippen molar-refractivity contribution in [2.45, 2.75) is 38.3 Å². The van der Waals surface area contributed by atoms with E-state index in [1.54, 1.807) is 42.6 Å². The standard InChI is InChI=1S/C29H26N2O3/c1-28(2,3)34-27(33)24-15-13-21(14-16-24)19-29(20-30)25-12-8-7-9-22(25)17-18-31(29)26(32)23-10-5-4-6-11-23/h4-18H,19H2,1-3H3. The molecule has 0 fully saturated rings. The first-order valence-corrected chi connectivity index (χ1v) is 11.1. The second-order valence-electron chi connectivity index (χ2n) is 9.29. The van der Waals surface area contributed by atoms with Crippen molar-refractivity contribution < 1.29 is 14.3 Å². The minimum Gasteiger partial charge on any atom is -0.456 e. The van der Waals surface area contributed by atoms with Crippen LogP contribution in [0.5, 0.6) is 0 Å². The minimum atomic E-state index is -1.24. The van der Waals surface area contributed by atoms with Gasteiger partial charge in [-0.2, -0.15) is 5.26 Å². The summed E-state index contributed by atoms with van der Waals surface area (Å²) in [5.74, 6) is -0.654. The molecule has 1 aliphatic rings. The van der Waals surface area contributed by atoms with Crippen molar-refractivity contribution in [1.29, 1.82) is 5.26 Å². The summed E-state index contributed by atoms with van der Waals surface area (Å²) in [6.45, 7) is 5.47. The van der Waals surface area contributed by atoms with E-state index in [-0.39, 0.29) is 12.3 Å². The lowest BCUT2D eigenvalue weighted by Gasteiger charge is -2.40. The first-order chi connectivity index (χ1) is 16.2. The van der Waals surface area contributed by atoms with Gasteiger partial charge in [0.05, 0.1) is 11.6 Å². The Balaban J connectivity index is 1.72. The van der Waals surface area contributed by atoms with Gasteiger partial charge in [-0.1, -0.05) is 54.6 Å². The third-order valence-electron chi connectivity index (χ3n) is 5.69. The lowest BCUT2D eigenvalue weighted by atomic mass is 9.78. The van der Waals surface area contributed by atoms with Crippen molar-refractivity contribution in [2.24, 2.45) is 0 Å². The maximum absolute atomic E-state index is 13.5. The largest absolute Gasteiger partial charge is 0.456 e. The van der Waals surface area contributed by atoms with Gasteiger partial charge in [-0.05, 0) is 67.8 Å². The Morgan fingerprint density at radius 1 is 0.912 bits per heavy atom. The lowest BCUT2D eigenvalue weighted by Crippen LogP contribution is -2.49. The molecule has 1 unspecified atom stereocenters. The highest BCUT2D eigenvalue weighted by molar-refractivity contribution is 5.97. The van der Waals surface area contributed by atoms with Crippen LogP contribution in [0.15, 0.2) is 85.1 Å². The monoisotopic (exact) mass is 450 g/mol. The number of benzene rings is 3. The Kier molecular flexibility index (Phi) is 6.08. The summed E-state index contributed by atoms with van der Waals surface area (Å²) in [5.41, 5.74) is 1.59. The summed E-state index contributed by atoms with van der Waals surface area (Å²) in [6, 6.07) is 26.0. The predicted octanol–water partition coefficient (Wildman–Crippen LogP) is 5.73. The van der Waals surface area contributed by atoms with Gasteiger partial charge in [0.25, 0.3) is 5.91 Å². The lowest BCUT2D eigenvalue weighted by molar-refractivity contribution is 0.00694. The van der Waals surface area contributed by atoms with Crippen molar-refractivity contribution in [3.8, 4) is 6.07 Å². The molecule has 1 heterocycles. The number of fused-ring (bicyclic) bond motifs is 1. The van der Waals surface area contributed by atoms with Gasteiger partial charge >= 0.3 is 5.97 Å². The molecule has 0 aromatic heterocycles. The van der Waals surface area contributed by atoms with Crippen LogP contribution in [0.25, 0.3) is 6.08 Å². The van der Waals surface area contributed by atoms with Gasteiger partial charge in [-0.15, -0.1) is 0 Å². The van der Waals surface area contributed by atoms with Crippen LogP contribution in [-0.2, 0) is 16.7 Å². The number of ether oxygens (including phenoxy) is 1. The number of esters is 1. The van der Waals surface area contributed by atoms with E-state index in [0.29, 0.717) is 11.1 Å². The van der Waals surface area contributed by atoms with E-state index in [0.717, 1.165) is 16.7 Å². The molecule has 0 bridgehead atoms. The van der Waals surface area contributed by atoms with Crippen LogP contribution in [0.3, 0.4) is 0 Å². The van der Waals surface area contributed by atoms with Crippen LogP contribution >= 0.6 is 0 Å². The quantitative estimate of drug-likeness (QED) is 0.476. The van der Waals surface area contributed by atoms with Crippen molar-refractivity contribution in [3.63, 3.8) is 0 Å². The van der Waals surface area contributed by atoms with Crippen LogP contribution in [-0.4, -0.2) is 22.4 Å². The molecule has 4 rings (SSSR count). The number of amides is 1. The number of hydrogen-bond acceptors (Lipinski definition) is 4. The van der Waals surface area contributed by atoms with E-state index >= 15 is 0 Å². The Hall–Kier alpha value is -4.17. The van der Waals surface area contributed by atoms with E-state index in [1.165, 1.54) is 4.90 Å². The Labute approximate surface area is 199 Å². The van der Waals surface area contributed by atoms with E-state index in [4.69, 9.17) is 4.74 Å². The molecule has 3 aromatic rings. The molecule has 1 amide bonds. The minimum absolute atomic E-state index is 0.252. The van der Waals surface area contributed by atoms with Gasteiger partial charge in [-0.25, -0.2) is 4.79 Å². The zero-order valence-electron chi connectivity index (χ0n) is 19.5. The second-order valence-corrected chi connectivity index (χ2v) is 9.29. The van der Waals surface area contributed by atoms with Crippen LogP contribution in [0.2, 0.25) is 0 Å². The number of carbonyl (C=O) groups excluding carboxylic acids is 2. The van der Waals surface area contributed by atoms with Crippen LogP contribution in [0.4, 0.5) is 0 Å². The summed E-state index contributed by atoms with van der Waals surface area (Å²) < 4.78 is 5.45. The van der Waals surface area contributed by atoms with Gasteiger partial charge in [0, 0.05) is 18.2 Å². The molecule has 0 saturated carbocycles. The topological polar surface area (TPSA) is 70.4 Å². The van der Waals surface area contributed by atoms with Crippen molar-refractivity contribution in [3.05, 3.63) is 113 Å². The smallest absolute Gasteiger partial charge is 0.338 e. The third kappa shape index (κ3) is 4.49. The van der Waals surface area contributed by atoms with E-state index in [9.17, 15) is 14.9 Å². The molecule has 5 nitrogen and oxygen atoms in total. The molecule has 0 N–H and O–H groups in total. The molecular weight excluding hydrogens is 424 g/mol. The molecule has 0 aliphatic carbocycles. The summed E-state index contributed by atoms with van der Waals surface area (Å²) in [5, 5.41) is 10.5. The fraction of sp³-hybridized carbons (Fsp3) is 0.207. The van der Waals surface area contributed by atoms with E-state index < -0.39 is 17.1 Å². The Morgan fingerprint density at radius 2 is 1.56 bits per heavy atom. The summed E-state index contributed by atoms with van der Waals surface area (Å²) >= 11 is 0. The van der Waals surface area contributed by atoms with Gasteiger partial charge < -0.3 is 4.74 Å². The SMILES string of the molecule is CC(C)(C)OC(=O)c1ccc(CC2(C#N)c3ccccc3C=CN2C(=O)c2ccccc2)cc1. The number of nitriles is 1. The molecular formula is C29H26N2O3.